The molecule has 0 bridgehead atoms. The smallest absolute Gasteiger partial charge is 0.365 e. The molecule has 4 heterocycles. The average molecular weight is 902 g/mol. The standard InChI is InChI=1S/C44H48N5O14P/c1-27-23-48(41(53)46-39(27)51)37-21-34(50)35(62-37)25-61-64(56,60-20-8-19-45)43(55)22-38(49-24-28(2)40(52)47-42(49)54)63-36(43)26-59-44(29-9-6-5-7-10-29,30-11-15-32(57-3)16-12-30)31-13-17-33(58-4)18-14-31/h5-7,9-18,23-24,34-38,50,55H,8,20-22,25-26H2,1-4H3,(H,46,51,53)(H,47,52,54)/t34-,35+,36+,37+,38+,43+,64?/m0/s1. The van der Waals surface area contributed by atoms with E-state index in [0.717, 1.165) is 9.13 Å². The van der Waals surface area contributed by atoms with Gasteiger partial charge in [-0.05, 0) is 54.8 Å². The molecule has 2 aliphatic rings. The number of hydrogen-bond acceptors (Lipinski definition) is 15. The van der Waals surface area contributed by atoms with Gasteiger partial charge in [0.05, 0.1) is 52.6 Å². The van der Waals surface area contributed by atoms with Gasteiger partial charge < -0.3 is 42.9 Å². The second-order valence-corrected chi connectivity index (χ2v) is 17.7. The van der Waals surface area contributed by atoms with Crippen LogP contribution in [0, 0.1) is 25.2 Å². The Morgan fingerprint density at radius 3 is 1.86 bits per heavy atom. The Hall–Kier alpha value is -5.94. The Morgan fingerprint density at radius 2 is 1.33 bits per heavy atom. The second-order valence-electron chi connectivity index (χ2n) is 15.4. The van der Waals surface area contributed by atoms with Gasteiger partial charge >= 0.3 is 19.0 Å². The number of ether oxygens (including phenoxy) is 5. The van der Waals surface area contributed by atoms with E-state index in [2.05, 4.69) is 9.97 Å². The quantitative estimate of drug-likeness (QED) is 0.0592. The fourth-order valence-corrected chi connectivity index (χ4v) is 9.98. The van der Waals surface area contributed by atoms with Crippen LogP contribution in [0.25, 0.3) is 0 Å². The maximum Gasteiger partial charge on any atom is 0.365 e. The van der Waals surface area contributed by atoms with Gasteiger partial charge in [-0.15, -0.1) is 0 Å². The molecule has 20 heteroatoms. The van der Waals surface area contributed by atoms with E-state index in [4.69, 9.17) is 32.7 Å². The van der Waals surface area contributed by atoms with Crippen molar-refractivity contribution < 1.29 is 47.5 Å². The van der Waals surface area contributed by atoms with Gasteiger partial charge in [-0.2, -0.15) is 5.26 Å². The Labute approximate surface area is 365 Å². The van der Waals surface area contributed by atoms with Gasteiger partial charge in [-0.1, -0.05) is 54.6 Å². The molecule has 0 aliphatic carbocycles. The van der Waals surface area contributed by atoms with Crippen LogP contribution in [0.4, 0.5) is 0 Å². The lowest BCUT2D eigenvalue weighted by molar-refractivity contribution is -0.108. The first-order chi connectivity index (χ1) is 30.7. The third-order valence-corrected chi connectivity index (χ3v) is 13.8. The van der Waals surface area contributed by atoms with Crippen molar-refractivity contribution in [2.24, 2.45) is 0 Å². The summed E-state index contributed by atoms with van der Waals surface area (Å²) in [5, 5.41) is 30.9. The molecule has 2 fully saturated rings. The third-order valence-electron chi connectivity index (χ3n) is 11.4. The molecule has 7 atom stereocenters. The maximum atomic E-state index is 15.5. The van der Waals surface area contributed by atoms with Crippen molar-refractivity contribution >= 4 is 7.60 Å². The number of methoxy groups -OCH3 is 2. The van der Waals surface area contributed by atoms with E-state index in [-0.39, 0.29) is 24.0 Å². The summed E-state index contributed by atoms with van der Waals surface area (Å²) in [7, 11) is -1.93. The molecule has 3 aromatic carbocycles. The second kappa shape index (κ2) is 19.0. The highest BCUT2D eigenvalue weighted by molar-refractivity contribution is 7.55. The number of rotatable bonds is 17. The van der Waals surface area contributed by atoms with Crippen molar-refractivity contribution in [2.75, 3.05) is 34.0 Å². The van der Waals surface area contributed by atoms with Crippen LogP contribution in [-0.2, 0) is 33.4 Å². The molecule has 0 spiro atoms. The average Bonchev–Trinajstić information content (AvgIpc) is 3.85. The Morgan fingerprint density at radius 1 is 0.797 bits per heavy atom. The predicted octanol–water partition coefficient (Wildman–Crippen LogP) is 3.49. The summed E-state index contributed by atoms with van der Waals surface area (Å²) in [6.07, 6.45) is -5.12. The topological polar surface area (TPSA) is 256 Å². The maximum absolute atomic E-state index is 15.5. The van der Waals surface area contributed by atoms with Gasteiger partial charge in [-0.3, -0.25) is 33.3 Å². The van der Waals surface area contributed by atoms with Gasteiger partial charge in [-0.25, -0.2) is 9.59 Å². The van der Waals surface area contributed by atoms with E-state index in [1.807, 2.05) is 60.7 Å². The van der Waals surface area contributed by atoms with Crippen molar-refractivity contribution in [3.63, 3.8) is 0 Å². The molecule has 2 aromatic heterocycles. The van der Waals surface area contributed by atoms with E-state index in [0.29, 0.717) is 28.2 Å². The molecule has 338 valence electrons. The first kappa shape index (κ1) is 46.1. The number of aliphatic hydroxyl groups excluding tert-OH is 1. The molecule has 0 amide bonds. The Balaban J connectivity index is 1.31. The van der Waals surface area contributed by atoms with Gasteiger partial charge in [0.25, 0.3) is 11.1 Å². The van der Waals surface area contributed by atoms with Crippen LogP contribution in [0.5, 0.6) is 11.5 Å². The monoisotopic (exact) mass is 901 g/mol. The summed E-state index contributed by atoms with van der Waals surface area (Å²) in [6, 6.07) is 25.4. The lowest BCUT2D eigenvalue weighted by Crippen LogP contribution is -2.45. The highest BCUT2D eigenvalue weighted by Crippen LogP contribution is 2.66. The summed E-state index contributed by atoms with van der Waals surface area (Å²) in [5.74, 6) is 1.13. The zero-order valence-corrected chi connectivity index (χ0v) is 36.3. The minimum Gasteiger partial charge on any atom is -0.497 e. The van der Waals surface area contributed by atoms with Crippen LogP contribution in [0.1, 0.15) is 59.5 Å². The molecule has 2 aliphatic heterocycles. The van der Waals surface area contributed by atoms with Crippen LogP contribution in [-0.4, -0.2) is 87.0 Å². The molecule has 1 unspecified atom stereocenters. The van der Waals surface area contributed by atoms with Crippen molar-refractivity contribution in [3.05, 3.63) is 161 Å². The van der Waals surface area contributed by atoms with Crippen molar-refractivity contribution in [1.29, 1.82) is 5.26 Å². The first-order valence-corrected chi connectivity index (χ1v) is 21.8. The van der Waals surface area contributed by atoms with Gasteiger partial charge in [0.1, 0.15) is 41.8 Å². The fourth-order valence-electron chi connectivity index (χ4n) is 7.91. The van der Waals surface area contributed by atoms with E-state index < -0.39 is 98.0 Å². The molecule has 5 aromatic rings. The first-order valence-electron chi connectivity index (χ1n) is 20.3. The van der Waals surface area contributed by atoms with Crippen LogP contribution < -0.4 is 32.0 Å². The molecule has 2 saturated heterocycles. The van der Waals surface area contributed by atoms with E-state index in [9.17, 15) is 34.7 Å². The van der Waals surface area contributed by atoms with Crippen LogP contribution in [0.2, 0.25) is 0 Å². The van der Waals surface area contributed by atoms with Gasteiger partial charge in [0.15, 0.2) is 5.34 Å². The molecule has 0 radical (unpaired) electrons. The van der Waals surface area contributed by atoms with Crippen molar-refractivity contribution in [2.45, 2.75) is 74.8 Å². The molecular weight excluding hydrogens is 853 g/mol. The molecule has 4 N–H and O–H groups in total. The summed E-state index contributed by atoms with van der Waals surface area (Å²) >= 11 is 0. The third kappa shape index (κ3) is 8.92. The number of nitriles is 1. The van der Waals surface area contributed by atoms with E-state index in [1.165, 1.54) is 40.5 Å². The number of benzene rings is 3. The number of nitrogens with zero attached hydrogens (tertiary/aromatic N) is 3. The van der Waals surface area contributed by atoms with Crippen LogP contribution >= 0.6 is 7.60 Å². The number of H-pyrrole nitrogens is 2. The molecule has 19 nitrogen and oxygen atoms in total. The normalized spacial score (nSPS) is 23.0. The Kier molecular flexibility index (Phi) is 13.7. The van der Waals surface area contributed by atoms with E-state index in [1.54, 1.807) is 24.3 Å². The molecule has 7 rings (SSSR count). The summed E-state index contributed by atoms with van der Waals surface area (Å²) in [4.78, 5) is 54.9. The lowest BCUT2D eigenvalue weighted by atomic mass is 9.80. The molecule has 0 saturated carbocycles. The number of nitrogens with one attached hydrogen (secondary N) is 2. The predicted molar refractivity (Wildman–Crippen MR) is 228 cm³/mol. The van der Waals surface area contributed by atoms with Crippen LogP contribution in [0.15, 0.2) is 110 Å². The van der Waals surface area contributed by atoms with Crippen molar-refractivity contribution in [3.8, 4) is 17.6 Å². The van der Waals surface area contributed by atoms with E-state index >= 15 is 4.57 Å². The lowest BCUT2D eigenvalue weighted by Gasteiger charge is -2.39. The van der Waals surface area contributed by atoms with Crippen LogP contribution in [0.3, 0.4) is 0 Å². The largest absolute Gasteiger partial charge is 0.497 e. The zero-order chi connectivity index (χ0) is 45.8. The highest BCUT2D eigenvalue weighted by atomic mass is 31.2. The summed E-state index contributed by atoms with van der Waals surface area (Å²) in [6.45, 7) is 1.26. The molecular formula is C44H48N5O14P. The molecule has 64 heavy (non-hydrogen) atoms. The summed E-state index contributed by atoms with van der Waals surface area (Å²) in [5.41, 5.74) is -2.18. The number of aromatic amines is 2. The van der Waals surface area contributed by atoms with Crippen molar-refractivity contribution in [1.82, 2.24) is 19.1 Å². The SMILES string of the molecule is COc1ccc(C(OC[C@H]2O[C@@H](n3cc(C)c(=O)[nH]c3=O)C[C@@]2(O)P(=O)(OCCC#N)OC[C@H]2O[C@@H](n3cc(C)c(=O)[nH]c3=O)C[C@@H]2O)(c2ccccc2)c2ccc(OC)cc2)cc1. The van der Waals surface area contributed by atoms with Gasteiger partial charge in [0.2, 0.25) is 0 Å². The minimum atomic E-state index is -5.00. The highest BCUT2D eigenvalue weighted by Gasteiger charge is 2.63. The Bertz CT molecular complexity index is 2720. The summed E-state index contributed by atoms with van der Waals surface area (Å²) < 4.78 is 59.9. The number of aryl methyl sites for hydroxylation is 2. The number of aromatic nitrogens is 4. The number of hydrogen-bond donors (Lipinski definition) is 4. The number of aliphatic hydroxyl groups is 2. The minimum absolute atomic E-state index is 0.127. The van der Waals surface area contributed by atoms with Gasteiger partial charge in [0, 0.05) is 36.4 Å². The zero-order valence-electron chi connectivity index (χ0n) is 35.4. The fraction of sp³-hybridized carbons (Fsp3) is 0.386.